The van der Waals surface area contributed by atoms with Crippen molar-refractivity contribution in [3.05, 3.63) is 29.6 Å². The molecule has 0 atom stereocenters. The van der Waals surface area contributed by atoms with Crippen LogP contribution in [0.5, 0.6) is 0 Å². The van der Waals surface area contributed by atoms with Gasteiger partial charge in [-0.1, -0.05) is 6.07 Å². The van der Waals surface area contributed by atoms with Crippen molar-refractivity contribution in [2.75, 3.05) is 37.6 Å². The fourth-order valence-corrected chi connectivity index (χ4v) is 4.51. The number of hydrogen-bond acceptors (Lipinski definition) is 4. The molecule has 1 heterocycles. The van der Waals surface area contributed by atoms with Crippen LogP contribution in [0, 0.1) is 23.1 Å². The predicted octanol–water partition coefficient (Wildman–Crippen LogP) is 3.95. The molecule has 2 fully saturated rings. The molecule has 0 bridgehead atoms. The summed E-state index contributed by atoms with van der Waals surface area (Å²) in [6.07, 6.45) is 0.154. The Labute approximate surface area is 180 Å². The maximum absolute atomic E-state index is 14.4. The van der Waals surface area contributed by atoms with Gasteiger partial charge in [0.25, 0.3) is 0 Å². The summed E-state index contributed by atoms with van der Waals surface area (Å²) in [7, 11) is 0. The highest BCUT2D eigenvalue weighted by molar-refractivity contribution is 5.78. The van der Waals surface area contributed by atoms with Crippen LogP contribution in [0.1, 0.15) is 44.1 Å². The number of nitrogens with one attached hydrogen (secondary N) is 1. The molecule has 170 valence electrons. The molecule has 1 aliphatic carbocycles. The van der Waals surface area contributed by atoms with Gasteiger partial charge in [0.2, 0.25) is 5.91 Å². The standard InChI is InChI=1S/C22H28F4N4O/c23-21-18(22(24,25)26)2-1-3-19(21)30-14-12-29(13-15-30)11-9-16-4-6-17(7-5-16)28-20(31)8-10-27/h1-3,16-17H,4-9,11-15H2,(H,28,31). The SMILES string of the molecule is N#CCC(=O)NC1CCC(CCN2CCN(c3cccc(C(F)(F)F)c3F)CC2)CC1. The molecule has 1 aliphatic heterocycles. The number of anilines is 1. The van der Waals surface area contributed by atoms with Crippen LogP contribution >= 0.6 is 0 Å². The molecule has 1 saturated heterocycles. The molecule has 0 aromatic heterocycles. The van der Waals surface area contributed by atoms with Gasteiger partial charge < -0.3 is 10.2 Å². The first-order valence-electron chi connectivity index (χ1n) is 10.8. The molecule has 1 amide bonds. The molecule has 1 N–H and O–H groups in total. The smallest absolute Gasteiger partial charge is 0.367 e. The molecular formula is C22H28F4N4O. The van der Waals surface area contributed by atoms with Gasteiger partial charge in [-0.3, -0.25) is 9.69 Å². The Morgan fingerprint density at radius 1 is 1.13 bits per heavy atom. The lowest BCUT2D eigenvalue weighted by molar-refractivity contribution is -0.139. The van der Waals surface area contributed by atoms with Gasteiger partial charge in [0.1, 0.15) is 6.42 Å². The Hall–Kier alpha value is -2.34. The molecule has 5 nitrogen and oxygen atoms in total. The van der Waals surface area contributed by atoms with E-state index in [0.29, 0.717) is 32.1 Å². The zero-order valence-corrected chi connectivity index (χ0v) is 17.4. The first kappa shape index (κ1) is 23.3. The second kappa shape index (κ2) is 10.3. The maximum atomic E-state index is 14.4. The molecular weight excluding hydrogens is 412 g/mol. The number of nitriles is 1. The third-order valence-electron chi connectivity index (χ3n) is 6.30. The van der Waals surface area contributed by atoms with Crippen molar-refractivity contribution in [2.24, 2.45) is 5.92 Å². The fourth-order valence-electron chi connectivity index (χ4n) is 4.51. The summed E-state index contributed by atoms with van der Waals surface area (Å²) in [5.74, 6) is -0.814. The van der Waals surface area contributed by atoms with Gasteiger partial charge in [0.05, 0.1) is 17.3 Å². The highest BCUT2D eigenvalue weighted by Gasteiger charge is 2.36. The molecule has 9 heteroatoms. The maximum Gasteiger partial charge on any atom is 0.419 e. The largest absolute Gasteiger partial charge is 0.419 e. The first-order valence-corrected chi connectivity index (χ1v) is 10.8. The molecule has 1 aromatic rings. The molecule has 0 unspecified atom stereocenters. The van der Waals surface area contributed by atoms with E-state index in [1.165, 1.54) is 12.1 Å². The number of benzene rings is 1. The molecule has 3 rings (SSSR count). The summed E-state index contributed by atoms with van der Waals surface area (Å²) >= 11 is 0. The van der Waals surface area contributed by atoms with Gasteiger partial charge in [-0.25, -0.2) is 4.39 Å². The molecule has 2 aliphatic rings. The number of carbonyl (C=O) groups excluding carboxylic acids is 1. The van der Waals surface area contributed by atoms with Crippen molar-refractivity contribution in [1.29, 1.82) is 5.26 Å². The van der Waals surface area contributed by atoms with Crippen molar-refractivity contribution in [1.82, 2.24) is 10.2 Å². The first-order chi connectivity index (χ1) is 14.8. The number of rotatable bonds is 6. The van der Waals surface area contributed by atoms with E-state index in [4.69, 9.17) is 5.26 Å². The van der Waals surface area contributed by atoms with Crippen LogP contribution in [0.4, 0.5) is 23.2 Å². The number of amides is 1. The van der Waals surface area contributed by atoms with Gasteiger partial charge in [0, 0.05) is 32.2 Å². The van der Waals surface area contributed by atoms with Gasteiger partial charge in [-0.15, -0.1) is 0 Å². The van der Waals surface area contributed by atoms with E-state index in [1.807, 2.05) is 6.07 Å². The van der Waals surface area contributed by atoms with E-state index >= 15 is 0 Å². The van der Waals surface area contributed by atoms with Crippen LogP contribution in [0.15, 0.2) is 18.2 Å². The third kappa shape index (κ3) is 6.33. The van der Waals surface area contributed by atoms with E-state index in [-0.39, 0.29) is 24.1 Å². The number of hydrogen-bond donors (Lipinski definition) is 1. The summed E-state index contributed by atoms with van der Waals surface area (Å²) in [6.45, 7) is 3.28. The quantitative estimate of drug-likeness (QED) is 0.681. The lowest BCUT2D eigenvalue weighted by Gasteiger charge is -2.37. The van der Waals surface area contributed by atoms with Crippen molar-refractivity contribution in [3.63, 3.8) is 0 Å². The minimum atomic E-state index is -4.69. The Morgan fingerprint density at radius 3 is 2.42 bits per heavy atom. The van der Waals surface area contributed by atoms with Crippen molar-refractivity contribution in [2.45, 2.75) is 50.7 Å². The van der Waals surface area contributed by atoms with E-state index in [1.54, 1.807) is 4.90 Å². The minimum absolute atomic E-state index is 0.0197. The highest BCUT2D eigenvalue weighted by atomic mass is 19.4. The lowest BCUT2D eigenvalue weighted by Crippen LogP contribution is -2.47. The van der Waals surface area contributed by atoms with Gasteiger partial charge in [-0.05, 0) is 56.7 Å². The second-order valence-corrected chi connectivity index (χ2v) is 8.37. The molecule has 0 spiro atoms. The van der Waals surface area contributed by atoms with Crippen molar-refractivity contribution >= 4 is 11.6 Å². The zero-order valence-electron chi connectivity index (χ0n) is 17.4. The zero-order chi connectivity index (χ0) is 22.4. The molecule has 1 aromatic carbocycles. The van der Waals surface area contributed by atoms with Crippen LogP contribution in [-0.4, -0.2) is 49.6 Å². The third-order valence-corrected chi connectivity index (χ3v) is 6.30. The number of piperazine rings is 1. The molecule has 31 heavy (non-hydrogen) atoms. The number of alkyl halides is 3. The minimum Gasteiger partial charge on any atom is -0.367 e. The molecule has 1 saturated carbocycles. The average Bonchev–Trinajstić information content (AvgIpc) is 2.73. The van der Waals surface area contributed by atoms with Gasteiger partial charge in [-0.2, -0.15) is 18.4 Å². The summed E-state index contributed by atoms with van der Waals surface area (Å²) < 4.78 is 53.2. The normalized spacial score (nSPS) is 22.7. The highest BCUT2D eigenvalue weighted by Crippen LogP contribution is 2.35. The van der Waals surface area contributed by atoms with Crippen LogP contribution in [0.3, 0.4) is 0 Å². The monoisotopic (exact) mass is 440 g/mol. The summed E-state index contributed by atoms with van der Waals surface area (Å²) in [5.41, 5.74) is -1.20. The fraction of sp³-hybridized carbons (Fsp3) is 0.636. The Bertz CT molecular complexity index is 792. The van der Waals surface area contributed by atoms with E-state index in [0.717, 1.165) is 44.7 Å². The second-order valence-electron chi connectivity index (χ2n) is 8.37. The van der Waals surface area contributed by atoms with Crippen LogP contribution in [-0.2, 0) is 11.0 Å². The van der Waals surface area contributed by atoms with E-state index in [2.05, 4.69) is 10.2 Å². The summed E-state index contributed by atoms with van der Waals surface area (Å²) in [4.78, 5) is 15.5. The number of nitrogens with zero attached hydrogens (tertiary/aromatic N) is 3. The number of carbonyl (C=O) groups is 1. The van der Waals surface area contributed by atoms with Crippen molar-refractivity contribution in [3.8, 4) is 6.07 Å². The van der Waals surface area contributed by atoms with Crippen LogP contribution < -0.4 is 10.2 Å². The number of halogens is 4. The van der Waals surface area contributed by atoms with Gasteiger partial charge >= 0.3 is 6.18 Å². The Balaban J connectivity index is 1.41. The summed E-state index contributed by atoms with van der Waals surface area (Å²) in [6, 6.07) is 5.46. The van der Waals surface area contributed by atoms with E-state index < -0.39 is 17.6 Å². The topological polar surface area (TPSA) is 59.4 Å². The average molecular weight is 440 g/mol. The van der Waals surface area contributed by atoms with Crippen LogP contribution in [0.25, 0.3) is 0 Å². The van der Waals surface area contributed by atoms with Crippen LogP contribution in [0.2, 0.25) is 0 Å². The molecule has 0 radical (unpaired) electrons. The van der Waals surface area contributed by atoms with Crippen molar-refractivity contribution < 1.29 is 22.4 Å². The predicted molar refractivity (Wildman–Crippen MR) is 109 cm³/mol. The van der Waals surface area contributed by atoms with E-state index in [9.17, 15) is 22.4 Å². The Kier molecular flexibility index (Phi) is 7.76. The lowest BCUT2D eigenvalue weighted by atomic mass is 9.84. The van der Waals surface area contributed by atoms with Gasteiger partial charge in [0.15, 0.2) is 5.82 Å². The Morgan fingerprint density at radius 2 is 1.81 bits per heavy atom. The summed E-state index contributed by atoms with van der Waals surface area (Å²) in [5, 5.41) is 11.5.